The smallest absolute Gasteiger partial charge is 0.135 e. The van der Waals surface area contributed by atoms with E-state index in [2.05, 4.69) is 219 Å². The summed E-state index contributed by atoms with van der Waals surface area (Å²) >= 11 is 0. The molecule has 0 bridgehead atoms. The highest BCUT2D eigenvalue weighted by molar-refractivity contribution is 6.14. The lowest BCUT2D eigenvalue weighted by Gasteiger charge is -2.30. The Bertz CT molecular complexity index is 3500. The Balaban J connectivity index is 0.977. The molecule has 1 aliphatic carbocycles. The number of hydrogen-bond acceptors (Lipinski definition) is 2. The fourth-order valence-electron chi connectivity index (χ4n) is 9.99. The molecule has 2 nitrogen and oxygen atoms in total. The maximum atomic E-state index is 6.16. The SMILES string of the molecule is CC1(C)c2cc(-c3cc4ccccc4c4ccccc34)ccc2-c2ccc(N(c3ccc(-c4ccc5oc6ccccc6c5c4)cc3)c3ccccc3-c3ccccc3)cc21. The first kappa shape index (κ1) is 35.3. The Hall–Kier alpha value is -7.68. The third-order valence-electron chi connectivity index (χ3n) is 13.1. The van der Waals surface area contributed by atoms with E-state index in [-0.39, 0.29) is 5.41 Å². The van der Waals surface area contributed by atoms with Crippen molar-refractivity contribution in [2.45, 2.75) is 19.3 Å². The molecular formula is C59H41NO. The van der Waals surface area contributed by atoms with Crippen LogP contribution in [0.2, 0.25) is 0 Å². The third kappa shape index (κ3) is 5.64. The molecule has 288 valence electrons. The maximum absolute atomic E-state index is 6.16. The van der Waals surface area contributed by atoms with Crippen LogP contribution in [0.5, 0.6) is 0 Å². The Morgan fingerprint density at radius 3 is 1.79 bits per heavy atom. The van der Waals surface area contributed by atoms with Crippen molar-refractivity contribution in [2.24, 2.45) is 0 Å². The van der Waals surface area contributed by atoms with Crippen molar-refractivity contribution in [3.05, 3.63) is 223 Å². The summed E-state index contributed by atoms with van der Waals surface area (Å²) in [4.78, 5) is 2.44. The maximum Gasteiger partial charge on any atom is 0.135 e. The van der Waals surface area contributed by atoms with Crippen molar-refractivity contribution in [3.63, 3.8) is 0 Å². The number of hydrogen-bond donors (Lipinski definition) is 0. The summed E-state index contributed by atoms with van der Waals surface area (Å²) in [5.74, 6) is 0. The first-order chi connectivity index (χ1) is 30.0. The Kier molecular flexibility index (Phi) is 7.92. The molecule has 0 saturated heterocycles. The minimum Gasteiger partial charge on any atom is -0.456 e. The number of benzene rings is 10. The predicted molar refractivity (Wildman–Crippen MR) is 257 cm³/mol. The van der Waals surface area contributed by atoms with Crippen LogP contribution in [0.3, 0.4) is 0 Å². The van der Waals surface area contributed by atoms with E-state index in [0.29, 0.717) is 0 Å². The average Bonchev–Trinajstić information content (AvgIpc) is 3.80. The van der Waals surface area contributed by atoms with Crippen LogP contribution in [-0.2, 0) is 5.41 Å². The molecule has 0 unspecified atom stereocenters. The zero-order valence-corrected chi connectivity index (χ0v) is 34.1. The standard InChI is InChI=1S/C59H41NO/c1-59(2)54-36-42(52-35-41-16-6-7-17-45(41)47-19-8-9-20-48(47)52)26-31-49(54)50-32-30-44(37-55(50)59)60(56-22-12-10-18-46(56)39-14-4-3-5-15-39)43-28-24-38(25-29-43)40-27-33-58-53(34-40)51-21-11-13-23-57(51)61-58/h3-37H,1-2H3. The van der Waals surface area contributed by atoms with E-state index in [1.165, 1.54) is 66.1 Å². The number of furan rings is 1. The lowest BCUT2D eigenvalue weighted by molar-refractivity contribution is 0.660. The molecule has 2 heteroatoms. The molecule has 12 rings (SSSR count). The van der Waals surface area contributed by atoms with Gasteiger partial charge in [-0.15, -0.1) is 0 Å². The number of para-hydroxylation sites is 2. The van der Waals surface area contributed by atoms with Gasteiger partial charge in [0.2, 0.25) is 0 Å². The van der Waals surface area contributed by atoms with Crippen LogP contribution in [0.25, 0.3) is 88.0 Å². The van der Waals surface area contributed by atoms with E-state index < -0.39 is 0 Å². The summed E-state index contributed by atoms with van der Waals surface area (Å²) in [5.41, 5.74) is 17.5. The zero-order chi connectivity index (χ0) is 40.7. The molecule has 1 aromatic heterocycles. The normalized spacial score (nSPS) is 12.9. The summed E-state index contributed by atoms with van der Waals surface area (Å²) in [6.45, 7) is 4.78. The highest BCUT2D eigenvalue weighted by Crippen LogP contribution is 2.53. The second kappa shape index (κ2) is 13.7. The minimum atomic E-state index is -0.228. The van der Waals surface area contributed by atoms with Crippen molar-refractivity contribution in [2.75, 3.05) is 4.90 Å². The van der Waals surface area contributed by atoms with Gasteiger partial charge < -0.3 is 9.32 Å². The first-order valence-corrected chi connectivity index (χ1v) is 21.2. The molecule has 0 fully saturated rings. The quantitative estimate of drug-likeness (QED) is 0.156. The monoisotopic (exact) mass is 779 g/mol. The van der Waals surface area contributed by atoms with E-state index >= 15 is 0 Å². The van der Waals surface area contributed by atoms with Crippen LogP contribution >= 0.6 is 0 Å². The molecule has 0 spiro atoms. The summed E-state index contributed by atoms with van der Waals surface area (Å²) in [6, 6.07) is 77.5. The molecule has 0 N–H and O–H groups in total. The number of anilines is 3. The van der Waals surface area contributed by atoms with Crippen molar-refractivity contribution >= 4 is 60.5 Å². The summed E-state index contributed by atoms with van der Waals surface area (Å²) in [6.07, 6.45) is 0. The molecule has 0 atom stereocenters. The molecule has 0 amide bonds. The molecular weight excluding hydrogens is 739 g/mol. The van der Waals surface area contributed by atoms with Crippen molar-refractivity contribution in [1.82, 2.24) is 0 Å². The molecule has 10 aromatic carbocycles. The van der Waals surface area contributed by atoms with Crippen LogP contribution in [-0.4, -0.2) is 0 Å². The van der Waals surface area contributed by atoms with E-state index in [0.717, 1.165) is 50.1 Å². The van der Waals surface area contributed by atoms with Crippen LogP contribution in [0.15, 0.2) is 217 Å². The second-order valence-electron chi connectivity index (χ2n) is 16.9. The molecule has 0 radical (unpaired) electrons. The zero-order valence-electron chi connectivity index (χ0n) is 34.1. The van der Waals surface area contributed by atoms with Gasteiger partial charge in [-0.3, -0.25) is 0 Å². The first-order valence-electron chi connectivity index (χ1n) is 21.2. The summed E-state index contributed by atoms with van der Waals surface area (Å²) < 4.78 is 6.16. The van der Waals surface area contributed by atoms with Gasteiger partial charge in [-0.25, -0.2) is 0 Å². The van der Waals surface area contributed by atoms with Crippen LogP contribution < -0.4 is 4.90 Å². The lowest BCUT2D eigenvalue weighted by Crippen LogP contribution is -2.17. The van der Waals surface area contributed by atoms with Gasteiger partial charge in [0.05, 0.1) is 5.69 Å². The molecule has 61 heavy (non-hydrogen) atoms. The van der Waals surface area contributed by atoms with Gasteiger partial charge in [0.15, 0.2) is 0 Å². The topological polar surface area (TPSA) is 16.4 Å². The molecule has 1 aliphatic rings. The number of nitrogens with zero attached hydrogens (tertiary/aromatic N) is 1. The third-order valence-corrected chi connectivity index (χ3v) is 13.1. The van der Waals surface area contributed by atoms with Gasteiger partial charge in [-0.2, -0.15) is 0 Å². The van der Waals surface area contributed by atoms with Crippen LogP contribution in [0.4, 0.5) is 17.1 Å². The van der Waals surface area contributed by atoms with Crippen molar-refractivity contribution < 1.29 is 4.42 Å². The average molecular weight is 780 g/mol. The fraction of sp³-hybridized carbons (Fsp3) is 0.0508. The highest BCUT2D eigenvalue weighted by atomic mass is 16.3. The van der Waals surface area contributed by atoms with Gasteiger partial charge >= 0.3 is 0 Å². The minimum absolute atomic E-state index is 0.228. The molecule has 11 aromatic rings. The van der Waals surface area contributed by atoms with E-state index in [4.69, 9.17) is 4.42 Å². The predicted octanol–water partition coefficient (Wildman–Crippen LogP) is 16.7. The fourth-order valence-corrected chi connectivity index (χ4v) is 9.99. The van der Waals surface area contributed by atoms with Gasteiger partial charge in [-0.05, 0) is 132 Å². The van der Waals surface area contributed by atoms with Gasteiger partial charge in [0.25, 0.3) is 0 Å². The second-order valence-corrected chi connectivity index (χ2v) is 16.9. The van der Waals surface area contributed by atoms with E-state index in [1.54, 1.807) is 0 Å². The van der Waals surface area contributed by atoms with E-state index in [1.807, 2.05) is 12.1 Å². The highest BCUT2D eigenvalue weighted by Gasteiger charge is 2.36. The Morgan fingerprint density at radius 1 is 0.344 bits per heavy atom. The summed E-state index contributed by atoms with van der Waals surface area (Å²) in [7, 11) is 0. The van der Waals surface area contributed by atoms with E-state index in [9.17, 15) is 0 Å². The number of fused-ring (bicyclic) bond motifs is 9. The van der Waals surface area contributed by atoms with Gasteiger partial charge in [0.1, 0.15) is 11.2 Å². The molecule has 1 heterocycles. The van der Waals surface area contributed by atoms with Crippen LogP contribution in [0, 0.1) is 0 Å². The lowest BCUT2D eigenvalue weighted by atomic mass is 9.81. The molecule has 0 saturated carbocycles. The Labute approximate surface area is 355 Å². The molecule has 0 aliphatic heterocycles. The Morgan fingerprint density at radius 2 is 0.951 bits per heavy atom. The van der Waals surface area contributed by atoms with Crippen LogP contribution in [0.1, 0.15) is 25.0 Å². The largest absolute Gasteiger partial charge is 0.456 e. The van der Waals surface area contributed by atoms with Gasteiger partial charge in [-0.1, -0.05) is 166 Å². The van der Waals surface area contributed by atoms with Gasteiger partial charge in [0, 0.05) is 33.1 Å². The number of rotatable bonds is 6. The van der Waals surface area contributed by atoms with Crippen molar-refractivity contribution in [1.29, 1.82) is 0 Å². The van der Waals surface area contributed by atoms with Crippen molar-refractivity contribution in [3.8, 4) is 44.5 Å². The summed E-state index contributed by atoms with van der Waals surface area (Å²) in [5, 5.41) is 7.40.